The summed E-state index contributed by atoms with van der Waals surface area (Å²) in [5.74, 6) is 2.04. The summed E-state index contributed by atoms with van der Waals surface area (Å²) in [6.45, 7) is 11.1. The van der Waals surface area contributed by atoms with Gasteiger partial charge in [0.15, 0.2) is 5.58 Å². The number of hydrogen-bond acceptors (Lipinski definition) is 4. The lowest BCUT2D eigenvalue weighted by Crippen LogP contribution is -2.08. The van der Waals surface area contributed by atoms with Crippen molar-refractivity contribution in [3.63, 3.8) is 0 Å². The molecule has 0 unspecified atom stereocenters. The molecule has 5 heteroatoms. The maximum absolute atomic E-state index is 6.75. The van der Waals surface area contributed by atoms with Crippen LogP contribution < -0.4 is 0 Å². The van der Waals surface area contributed by atoms with Crippen LogP contribution in [0.2, 0.25) is 0 Å². The number of aromatic nitrogens is 3. The predicted molar refractivity (Wildman–Crippen MR) is 180 cm³/mol. The maximum atomic E-state index is 6.75. The zero-order valence-corrected chi connectivity index (χ0v) is 25.6. The Bertz CT molecular complexity index is 2330. The highest BCUT2D eigenvalue weighted by atomic mass is 16.4. The Morgan fingerprint density at radius 1 is 0.682 bits per heavy atom. The zero-order chi connectivity index (χ0) is 30.1. The van der Waals surface area contributed by atoms with Crippen LogP contribution in [0.15, 0.2) is 106 Å². The van der Waals surface area contributed by atoms with E-state index in [0.29, 0.717) is 23.3 Å². The molecule has 0 bridgehead atoms. The molecule has 0 atom stereocenters. The number of aryl methyl sites for hydroxylation is 1. The molecule has 5 nitrogen and oxygen atoms in total. The van der Waals surface area contributed by atoms with Crippen molar-refractivity contribution in [1.82, 2.24) is 14.5 Å². The Morgan fingerprint density at radius 2 is 1.41 bits per heavy atom. The Hall–Kier alpha value is -5.16. The monoisotopic (exact) mass is 575 g/mol. The smallest absolute Gasteiger partial charge is 0.227 e. The van der Waals surface area contributed by atoms with Gasteiger partial charge in [-0.1, -0.05) is 88.4 Å². The highest BCUT2D eigenvalue weighted by Crippen LogP contribution is 2.44. The van der Waals surface area contributed by atoms with Gasteiger partial charge >= 0.3 is 0 Å². The van der Waals surface area contributed by atoms with E-state index in [-0.39, 0.29) is 0 Å². The van der Waals surface area contributed by atoms with Crippen molar-refractivity contribution >= 4 is 44.1 Å². The third-order valence-corrected chi connectivity index (χ3v) is 8.64. The third kappa shape index (κ3) is 3.99. The van der Waals surface area contributed by atoms with Gasteiger partial charge in [0.25, 0.3) is 0 Å². The maximum Gasteiger partial charge on any atom is 0.227 e. The molecular formula is C39H33N3O2. The van der Waals surface area contributed by atoms with Crippen LogP contribution in [-0.4, -0.2) is 14.5 Å². The average Bonchev–Trinajstić information content (AvgIpc) is 3.73. The van der Waals surface area contributed by atoms with E-state index < -0.39 is 0 Å². The first kappa shape index (κ1) is 26.5. The molecule has 216 valence electrons. The van der Waals surface area contributed by atoms with E-state index in [9.17, 15) is 0 Å². The minimum atomic E-state index is 0.317. The molecule has 0 aliphatic rings. The van der Waals surface area contributed by atoms with Crippen LogP contribution in [0.4, 0.5) is 0 Å². The van der Waals surface area contributed by atoms with Gasteiger partial charge in [0.2, 0.25) is 5.89 Å². The van der Waals surface area contributed by atoms with Gasteiger partial charge in [-0.15, -0.1) is 0 Å². The molecular weight excluding hydrogens is 542 g/mol. The van der Waals surface area contributed by atoms with Gasteiger partial charge < -0.3 is 8.83 Å². The van der Waals surface area contributed by atoms with Crippen LogP contribution in [0.5, 0.6) is 0 Å². The quantitative estimate of drug-likeness (QED) is 0.205. The number of fused-ring (bicyclic) bond motifs is 6. The van der Waals surface area contributed by atoms with Crippen molar-refractivity contribution in [1.29, 1.82) is 0 Å². The Balaban J connectivity index is 1.54. The van der Waals surface area contributed by atoms with E-state index in [1.165, 1.54) is 16.8 Å². The summed E-state index contributed by atoms with van der Waals surface area (Å²) in [6, 6.07) is 33.5. The van der Waals surface area contributed by atoms with Gasteiger partial charge in [-0.25, -0.2) is 9.97 Å². The van der Waals surface area contributed by atoms with Crippen LogP contribution >= 0.6 is 0 Å². The molecule has 0 saturated carbocycles. The zero-order valence-electron chi connectivity index (χ0n) is 25.6. The molecule has 0 saturated heterocycles. The van der Waals surface area contributed by atoms with E-state index in [1.807, 2.05) is 36.4 Å². The van der Waals surface area contributed by atoms with Gasteiger partial charge in [0.1, 0.15) is 22.5 Å². The number of furan rings is 1. The first-order valence-electron chi connectivity index (χ1n) is 15.3. The van der Waals surface area contributed by atoms with Gasteiger partial charge in [-0.2, -0.15) is 0 Å². The highest BCUT2D eigenvalue weighted by Gasteiger charge is 2.27. The molecule has 44 heavy (non-hydrogen) atoms. The largest absolute Gasteiger partial charge is 0.455 e. The summed E-state index contributed by atoms with van der Waals surface area (Å²) in [4.78, 5) is 10.3. The molecule has 8 rings (SSSR count). The second-order valence-corrected chi connectivity index (χ2v) is 12.3. The minimum Gasteiger partial charge on any atom is -0.455 e. The number of para-hydroxylation sites is 3. The van der Waals surface area contributed by atoms with Crippen molar-refractivity contribution in [3.05, 3.63) is 114 Å². The van der Waals surface area contributed by atoms with Crippen molar-refractivity contribution in [2.45, 2.75) is 46.5 Å². The van der Waals surface area contributed by atoms with Crippen LogP contribution in [0.1, 0.15) is 56.2 Å². The van der Waals surface area contributed by atoms with Crippen molar-refractivity contribution in [2.24, 2.45) is 0 Å². The second kappa shape index (κ2) is 9.95. The first-order chi connectivity index (χ1) is 21.4. The van der Waals surface area contributed by atoms with Gasteiger partial charge in [0.05, 0.1) is 27.7 Å². The average molecular weight is 576 g/mol. The van der Waals surface area contributed by atoms with Crippen molar-refractivity contribution in [2.75, 3.05) is 0 Å². The SMILES string of the molecule is Cc1ccc2c(c1)oc1c(-c3nc4ccccc4n3-c3c(C(C)C)cccc3C(C)C)cc3oc(-c4ccccc4)nc3c12. The van der Waals surface area contributed by atoms with Gasteiger partial charge in [-0.05, 0) is 71.8 Å². The molecule has 0 N–H and O–H groups in total. The Labute approximate surface area is 255 Å². The molecule has 0 aliphatic carbocycles. The Kier molecular flexibility index (Phi) is 5.99. The molecule has 0 radical (unpaired) electrons. The summed E-state index contributed by atoms with van der Waals surface area (Å²) < 4.78 is 15.6. The first-order valence-corrected chi connectivity index (χ1v) is 15.3. The second-order valence-electron chi connectivity index (χ2n) is 12.3. The number of nitrogens with zero attached hydrogens (tertiary/aromatic N) is 3. The van der Waals surface area contributed by atoms with Gasteiger partial charge in [0, 0.05) is 10.9 Å². The van der Waals surface area contributed by atoms with Crippen molar-refractivity contribution in [3.8, 4) is 28.5 Å². The number of benzene rings is 5. The van der Waals surface area contributed by atoms with Crippen LogP contribution in [0, 0.1) is 6.92 Å². The molecule has 0 fully saturated rings. The Morgan fingerprint density at radius 3 is 2.16 bits per heavy atom. The van der Waals surface area contributed by atoms with Crippen LogP contribution in [0.25, 0.3) is 72.6 Å². The summed E-state index contributed by atoms with van der Waals surface area (Å²) in [5, 5.41) is 1.96. The molecule has 0 amide bonds. The lowest BCUT2D eigenvalue weighted by molar-refractivity contribution is 0.619. The van der Waals surface area contributed by atoms with Gasteiger partial charge in [-0.3, -0.25) is 4.57 Å². The van der Waals surface area contributed by atoms with E-state index in [2.05, 4.69) is 99.8 Å². The summed E-state index contributed by atoms with van der Waals surface area (Å²) >= 11 is 0. The van der Waals surface area contributed by atoms with Crippen molar-refractivity contribution < 1.29 is 8.83 Å². The normalized spacial score (nSPS) is 12.2. The summed E-state index contributed by atoms with van der Waals surface area (Å²) in [6.07, 6.45) is 0. The van der Waals surface area contributed by atoms with Crippen LogP contribution in [-0.2, 0) is 0 Å². The fourth-order valence-corrected chi connectivity index (χ4v) is 6.51. The fraction of sp³-hybridized carbons (Fsp3) is 0.179. The highest BCUT2D eigenvalue weighted by molar-refractivity contribution is 6.20. The molecule has 3 aromatic heterocycles. The van der Waals surface area contributed by atoms with E-state index >= 15 is 0 Å². The lowest BCUT2D eigenvalue weighted by atomic mass is 9.92. The lowest BCUT2D eigenvalue weighted by Gasteiger charge is -2.22. The minimum absolute atomic E-state index is 0.317. The van der Waals surface area contributed by atoms with Crippen LogP contribution in [0.3, 0.4) is 0 Å². The number of oxazole rings is 1. The summed E-state index contributed by atoms with van der Waals surface area (Å²) in [5.41, 5.74) is 11.8. The number of rotatable bonds is 5. The van der Waals surface area contributed by atoms with E-state index in [0.717, 1.165) is 61.0 Å². The molecule has 0 aliphatic heterocycles. The standard InChI is InChI=1S/C39H33N3O2/c1-22(2)26-14-11-15-27(23(3)4)36(26)42-31-17-10-9-16-30(31)40-38(42)29-21-33-35(41-39(44-33)25-12-7-6-8-13-25)34-28-19-18-24(5)20-32(28)43-37(29)34/h6-23H,1-5H3. The molecule has 0 spiro atoms. The molecule has 3 heterocycles. The van der Waals surface area contributed by atoms with E-state index in [4.69, 9.17) is 18.8 Å². The number of imidazole rings is 1. The third-order valence-electron chi connectivity index (χ3n) is 8.64. The predicted octanol–water partition coefficient (Wildman–Crippen LogP) is 11.0. The topological polar surface area (TPSA) is 57.0 Å². The summed E-state index contributed by atoms with van der Waals surface area (Å²) in [7, 11) is 0. The fourth-order valence-electron chi connectivity index (χ4n) is 6.51. The number of hydrogen-bond donors (Lipinski definition) is 0. The van der Waals surface area contributed by atoms with E-state index in [1.54, 1.807) is 0 Å². The molecule has 5 aromatic carbocycles. The molecule has 8 aromatic rings.